The highest BCUT2D eigenvalue weighted by Crippen LogP contribution is 2.27. The molecule has 1 aromatic heterocycles. The lowest BCUT2D eigenvalue weighted by atomic mass is 10.1. The van der Waals surface area contributed by atoms with Crippen molar-refractivity contribution < 1.29 is 25.8 Å². The van der Waals surface area contributed by atoms with E-state index in [1.54, 1.807) is 11.7 Å². The van der Waals surface area contributed by atoms with Crippen molar-refractivity contribution in [1.29, 1.82) is 0 Å². The molecule has 2 rings (SSSR count). The fourth-order valence-electron chi connectivity index (χ4n) is 1.75. The zero-order valence-corrected chi connectivity index (χ0v) is 12.4. The van der Waals surface area contributed by atoms with Gasteiger partial charge in [0.2, 0.25) is 0 Å². The first-order valence-electron chi connectivity index (χ1n) is 6.25. The molecule has 0 radical (unpaired) electrons. The van der Waals surface area contributed by atoms with Gasteiger partial charge >= 0.3 is 15.6 Å². The molecule has 0 bridgehead atoms. The smallest absolute Gasteiger partial charge is 0.376 e. The second-order valence-electron chi connectivity index (χ2n) is 4.61. The number of hydrogen-bond acceptors (Lipinski definition) is 4. The predicted octanol–water partition coefficient (Wildman–Crippen LogP) is 2.43. The van der Waals surface area contributed by atoms with Gasteiger partial charge in [0, 0.05) is 13.2 Å². The van der Waals surface area contributed by atoms with Gasteiger partial charge in [-0.15, -0.1) is 0 Å². The molecule has 0 aliphatic rings. The molecule has 5 nitrogen and oxygen atoms in total. The van der Waals surface area contributed by atoms with Gasteiger partial charge in [-0.05, 0) is 36.6 Å². The molecule has 1 aromatic carbocycles. The Balaban J connectivity index is 1.99. The van der Waals surface area contributed by atoms with Gasteiger partial charge in [-0.2, -0.15) is 26.7 Å². The van der Waals surface area contributed by atoms with Gasteiger partial charge in [-0.1, -0.05) is 12.1 Å². The number of benzene rings is 1. The van der Waals surface area contributed by atoms with Crippen LogP contribution in [-0.2, 0) is 30.0 Å². The lowest BCUT2D eigenvalue weighted by Gasteiger charge is -2.09. The van der Waals surface area contributed by atoms with E-state index >= 15 is 0 Å². The maximum Gasteiger partial charge on any atom is 0.534 e. The van der Waals surface area contributed by atoms with Crippen LogP contribution in [-0.4, -0.2) is 23.7 Å². The van der Waals surface area contributed by atoms with Crippen LogP contribution in [0.25, 0.3) is 0 Å². The summed E-state index contributed by atoms with van der Waals surface area (Å²) >= 11 is 0. The van der Waals surface area contributed by atoms with Crippen LogP contribution in [0.15, 0.2) is 36.5 Å². The van der Waals surface area contributed by atoms with E-state index in [9.17, 15) is 21.6 Å². The minimum absolute atomic E-state index is 0.376. The molecule has 0 saturated heterocycles. The third-order valence-corrected chi connectivity index (χ3v) is 3.83. The lowest BCUT2D eigenvalue weighted by molar-refractivity contribution is -0.0500. The SMILES string of the molecule is Cn1ccc(CCc2ccc(OS(=O)(=O)C(F)(F)F)cc2)n1. The van der Waals surface area contributed by atoms with Gasteiger partial charge in [-0.25, -0.2) is 0 Å². The number of alkyl halides is 3. The van der Waals surface area contributed by atoms with Crippen molar-refractivity contribution in [2.75, 3.05) is 0 Å². The van der Waals surface area contributed by atoms with E-state index in [0.29, 0.717) is 12.8 Å². The van der Waals surface area contributed by atoms with Crippen LogP contribution in [0.4, 0.5) is 13.2 Å². The third kappa shape index (κ3) is 4.00. The molecule has 0 unspecified atom stereocenters. The molecule has 22 heavy (non-hydrogen) atoms. The summed E-state index contributed by atoms with van der Waals surface area (Å²) in [5.74, 6) is -0.376. The molecule has 0 amide bonds. The summed E-state index contributed by atoms with van der Waals surface area (Å²) in [4.78, 5) is 0. The fraction of sp³-hybridized carbons (Fsp3) is 0.308. The normalized spacial score (nSPS) is 12.4. The molecule has 0 aliphatic carbocycles. The summed E-state index contributed by atoms with van der Waals surface area (Å²) in [5.41, 5.74) is -3.71. The van der Waals surface area contributed by atoms with E-state index in [0.717, 1.165) is 11.3 Å². The molecular weight excluding hydrogens is 321 g/mol. The van der Waals surface area contributed by atoms with E-state index in [-0.39, 0.29) is 5.75 Å². The Labute approximate surface area is 125 Å². The Morgan fingerprint density at radius 3 is 2.27 bits per heavy atom. The Kier molecular flexibility index (Phi) is 4.45. The van der Waals surface area contributed by atoms with Gasteiger partial charge in [0.15, 0.2) is 0 Å². The molecule has 120 valence electrons. The standard InChI is InChI=1S/C13H13F3N2O3S/c1-18-9-8-11(17-18)5-2-10-3-6-12(7-4-10)21-22(19,20)13(14,15)16/h3-4,6-9H,2,5H2,1H3. The maximum atomic E-state index is 12.2. The lowest BCUT2D eigenvalue weighted by Crippen LogP contribution is -2.28. The average molecular weight is 334 g/mol. The number of rotatable bonds is 5. The Bertz CT molecular complexity index is 737. The van der Waals surface area contributed by atoms with E-state index < -0.39 is 15.6 Å². The highest BCUT2D eigenvalue weighted by Gasteiger charge is 2.48. The van der Waals surface area contributed by atoms with Crippen LogP contribution in [0.2, 0.25) is 0 Å². The van der Waals surface area contributed by atoms with E-state index in [4.69, 9.17) is 0 Å². The molecule has 2 aromatic rings. The van der Waals surface area contributed by atoms with Crippen LogP contribution >= 0.6 is 0 Å². The minimum Gasteiger partial charge on any atom is -0.376 e. The van der Waals surface area contributed by atoms with Gasteiger partial charge in [-0.3, -0.25) is 4.68 Å². The van der Waals surface area contributed by atoms with Gasteiger partial charge in [0.1, 0.15) is 5.75 Å². The molecule has 0 atom stereocenters. The Morgan fingerprint density at radius 1 is 1.14 bits per heavy atom. The van der Waals surface area contributed by atoms with Crippen LogP contribution < -0.4 is 4.18 Å². The summed E-state index contributed by atoms with van der Waals surface area (Å²) in [6.45, 7) is 0. The number of nitrogens with zero attached hydrogens (tertiary/aromatic N) is 2. The van der Waals surface area contributed by atoms with Crippen molar-refractivity contribution in [2.45, 2.75) is 18.3 Å². The summed E-state index contributed by atoms with van der Waals surface area (Å²) in [6, 6.07) is 7.29. The van der Waals surface area contributed by atoms with Crippen LogP contribution in [0.5, 0.6) is 5.75 Å². The fourth-order valence-corrected chi connectivity index (χ4v) is 2.21. The Hall–Kier alpha value is -2.03. The number of aryl methyl sites for hydroxylation is 3. The van der Waals surface area contributed by atoms with Crippen LogP contribution in [0.1, 0.15) is 11.3 Å². The van der Waals surface area contributed by atoms with Crippen molar-refractivity contribution >= 4 is 10.1 Å². The number of hydrogen-bond donors (Lipinski definition) is 0. The molecule has 0 spiro atoms. The molecule has 0 N–H and O–H groups in total. The largest absolute Gasteiger partial charge is 0.534 e. The number of halogens is 3. The van der Waals surface area contributed by atoms with Gasteiger partial charge in [0.25, 0.3) is 0 Å². The predicted molar refractivity (Wildman–Crippen MR) is 72.7 cm³/mol. The van der Waals surface area contributed by atoms with Crippen LogP contribution in [0, 0.1) is 0 Å². The van der Waals surface area contributed by atoms with Gasteiger partial charge in [0.05, 0.1) is 5.69 Å². The first-order valence-corrected chi connectivity index (χ1v) is 7.66. The van der Waals surface area contributed by atoms with Crippen molar-refractivity contribution in [3.63, 3.8) is 0 Å². The zero-order chi connectivity index (χ0) is 16.4. The second-order valence-corrected chi connectivity index (χ2v) is 6.15. The molecule has 1 heterocycles. The van der Waals surface area contributed by atoms with Crippen molar-refractivity contribution in [1.82, 2.24) is 9.78 Å². The van der Waals surface area contributed by atoms with E-state index in [1.807, 2.05) is 12.3 Å². The van der Waals surface area contributed by atoms with Crippen molar-refractivity contribution in [3.8, 4) is 5.75 Å². The summed E-state index contributed by atoms with van der Waals surface area (Å²) < 4.78 is 64.0. The first-order chi connectivity index (χ1) is 10.2. The molecular formula is C13H13F3N2O3S. The highest BCUT2D eigenvalue weighted by atomic mass is 32.2. The highest BCUT2D eigenvalue weighted by molar-refractivity contribution is 7.87. The van der Waals surface area contributed by atoms with E-state index in [1.165, 1.54) is 24.3 Å². The average Bonchev–Trinajstić information content (AvgIpc) is 2.82. The molecule has 0 aliphatic heterocycles. The second kappa shape index (κ2) is 5.99. The topological polar surface area (TPSA) is 61.2 Å². The van der Waals surface area contributed by atoms with Crippen molar-refractivity contribution in [3.05, 3.63) is 47.8 Å². The number of aromatic nitrogens is 2. The summed E-state index contributed by atoms with van der Waals surface area (Å²) in [7, 11) is -3.83. The monoisotopic (exact) mass is 334 g/mol. The summed E-state index contributed by atoms with van der Waals surface area (Å²) in [5, 5.41) is 4.21. The first kappa shape index (κ1) is 16.3. The zero-order valence-electron chi connectivity index (χ0n) is 11.5. The molecule has 0 fully saturated rings. The van der Waals surface area contributed by atoms with Gasteiger partial charge < -0.3 is 4.18 Å². The Morgan fingerprint density at radius 2 is 1.77 bits per heavy atom. The van der Waals surface area contributed by atoms with Crippen molar-refractivity contribution in [2.24, 2.45) is 7.05 Å². The van der Waals surface area contributed by atoms with Crippen LogP contribution in [0.3, 0.4) is 0 Å². The molecule has 0 saturated carbocycles. The minimum atomic E-state index is -5.63. The van der Waals surface area contributed by atoms with E-state index in [2.05, 4.69) is 9.28 Å². The third-order valence-electron chi connectivity index (χ3n) is 2.85. The summed E-state index contributed by atoms with van der Waals surface area (Å²) in [6.07, 6.45) is 3.11. The quantitative estimate of drug-likeness (QED) is 0.622. The maximum absolute atomic E-state index is 12.2. The molecule has 9 heteroatoms.